The molecule has 1 atom stereocenters. The van der Waals surface area contributed by atoms with Crippen molar-refractivity contribution in [3.63, 3.8) is 0 Å². The van der Waals surface area contributed by atoms with E-state index in [0.717, 1.165) is 23.3 Å². The Morgan fingerprint density at radius 3 is 2.93 bits per heavy atom. The summed E-state index contributed by atoms with van der Waals surface area (Å²) in [6, 6.07) is 4.32. The van der Waals surface area contributed by atoms with Gasteiger partial charge in [-0.15, -0.1) is 0 Å². The van der Waals surface area contributed by atoms with Gasteiger partial charge in [0.05, 0.1) is 11.9 Å². The topological polar surface area (TPSA) is 34.1 Å². The molecule has 0 aliphatic rings. The van der Waals surface area contributed by atoms with Crippen LogP contribution in [0.2, 0.25) is 0 Å². The lowest BCUT2D eigenvalue weighted by Crippen LogP contribution is -2.17. The van der Waals surface area contributed by atoms with Gasteiger partial charge in [0.25, 0.3) is 0 Å². The lowest BCUT2D eigenvalue weighted by atomic mass is 10.2. The number of halogens is 1. The zero-order chi connectivity index (χ0) is 10.4. The lowest BCUT2D eigenvalue weighted by Gasteiger charge is -2.14. The van der Waals surface area contributed by atoms with Crippen molar-refractivity contribution in [1.29, 1.82) is 0 Å². The van der Waals surface area contributed by atoms with Crippen molar-refractivity contribution in [2.45, 2.75) is 19.4 Å². The average Bonchev–Trinajstić information content (AvgIpc) is 2.18. The molecule has 3 nitrogen and oxygen atoms in total. The molecule has 0 spiro atoms. The molecule has 0 bridgehead atoms. The standard InChI is InChI=1S/C10H15BrN2O/c1-8(5-6-14-2)13-9-3-4-10(11)12-7-9/h3-4,7-8,13H,5-6H2,1-2H3. The number of aromatic nitrogens is 1. The fraction of sp³-hybridized carbons (Fsp3) is 0.500. The predicted octanol–water partition coefficient (Wildman–Crippen LogP) is 2.68. The van der Waals surface area contributed by atoms with Crippen LogP contribution in [0.4, 0.5) is 5.69 Å². The molecule has 0 saturated heterocycles. The van der Waals surface area contributed by atoms with Crippen LogP contribution in [0, 0.1) is 0 Å². The van der Waals surface area contributed by atoms with Crippen molar-refractivity contribution in [3.05, 3.63) is 22.9 Å². The Bertz CT molecular complexity index is 263. The second-order valence-electron chi connectivity index (χ2n) is 3.20. The third-order valence-corrected chi connectivity index (χ3v) is 2.36. The number of hydrogen-bond donors (Lipinski definition) is 1. The van der Waals surface area contributed by atoms with Gasteiger partial charge in [-0.2, -0.15) is 0 Å². The van der Waals surface area contributed by atoms with Crippen LogP contribution in [-0.2, 0) is 4.74 Å². The maximum atomic E-state index is 5.01. The molecule has 78 valence electrons. The third kappa shape index (κ3) is 4.07. The molecule has 0 radical (unpaired) electrons. The first kappa shape index (κ1) is 11.5. The summed E-state index contributed by atoms with van der Waals surface area (Å²) in [6.07, 6.45) is 2.81. The van der Waals surface area contributed by atoms with E-state index < -0.39 is 0 Å². The van der Waals surface area contributed by atoms with Gasteiger partial charge in [-0.1, -0.05) is 0 Å². The van der Waals surface area contributed by atoms with E-state index in [1.54, 1.807) is 7.11 Å². The minimum Gasteiger partial charge on any atom is -0.385 e. The van der Waals surface area contributed by atoms with Crippen molar-refractivity contribution < 1.29 is 4.74 Å². The zero-order valence-electron chi connectivity index (χ0n) is 8.46. The molecule has 1 aromatic heterocycles. The van der Waals surface area contributed by atoms with E-state index >= 15 is 0 Å². The zero-order valence-corrected chi connectivity index (χ0v) is 10.0. The Morgan fingerprint density at radius 1 is 1.57 bits per heavy atom. The summed E-state index contributed by atoms with van der Waals surface area (Å²) in [5.74, 6) is 0. The molecule has 1 N–H and O–H groups in total. The summed E-state index contributed by atoms with van der Waals surface area (Å²) >= 11 is 3.29. The fourth-order valence-corrected chi connectivity index (χ4v) is 1.35. The number of nitrogens with one attached hydrogen (secondary N) is 1. The van der Waals surface area contributed by atoms with Crippen LogP contribution in [0.3, 0.4) is 0 Å². The second-order valence-corrected chi connectivity index (χ2v) is 4.01. The molecule has 1 rings (SSSR count). The minimum absolute atomic E-state index is 0.401. The molecule has 1 aromatic rings. The molecular formula is C10H15BrN2O. The van der Waals surface area contributed by atoms with Crippen LogP contribution in [0.5, 0.6) is 0 Å². The summed E-state index contributed by atoms with van der Waals surface area (Å²) in [5.41, 5.74) is 1.04. The summed E-state index contributed by atoms with van der Waals surface area (Å²) < 4.78 is 5.86. The van der Waals surface area contributed by atoms with E-state index in [-0.39, 0.29) is 0 Å². The number of anilines is 1. The highest BCUT2D eigenvalue weighted by Crippen LogP contribution is 2.12. The van der Waals surface area contributed by atoms with Gasteiger partial charge in [0.15, 0.2) is 0 Å². The highest BCUT2D eigenvalue weighted by molar-refractivity contribution is 9.10. The maximum Gasteiger partial charge on any atom is 0.106 e. The minimum atomic E-state index is 0.401. The number of hydrogen-bond acceptors (Lipinski definition) is 3. The molecule has 0 saturated carbocycles. The Morgan fingerprint density at radius 2 is 2.36 bits per heavy atom. The Balaban J connectivity index is 2.39. The van der Waals surface area contributed by atoms with E-state index in [4.69, 9.17) is 4.74 Å². The number of methoxy groups -OCH3 is 1. The summed E-state index contributed by atoms with van der Waals surface area (Å²) in [5, 5.41) is 3.34. The predicted molar refractivity (Wildman–Crippen MR) is 61.5 cm³/mol. The fourth-order valence-electron chi connectivity index (χ4n) is 1.11. The second kappa shape index (κ2) is 5.98. The molecule has 4 heteroatoms. The van der Waals surface area contributed by atoms with Crippen LogP contribution in [0.1, 0.15) is 13.3 Å². The molecule has 0 aliphatic heterocycles. The van der Waals surface area contributed by atoms with Gasteiger partial charge in [-0.05, 0) is 41.4 Å². The molecule has 0 aliphatic carbocycles. The number of rotatable bonds is 5. The molecule has 1 heterocycles. The molecule has 0 fully saturated rings. The van der Waals surface area contributed by atoms with E-state index in [1.807, 2.05) is 18.3 Å². The van der Waals surface area contributed by atoms with Crippen LogP contribution in [0.25, 0.3) is 0 Å². The molecule has 14 heavy (non-hydrogen) atoms. The first-order valence-electron chi connectivity index (χ1n) is 4.59. The number of ether oxygens (including phenoxy) is 1. The van der Waals surface area contributed by atoms with Gasteiger partial charge < -0.3 is 10.1 Å². The SMILES string of the molecule is COCCC(C)Nc1ccc(Br)nc1. The lowest BCUT2D eigenvalue weighted by molar-refractivity contribution is 0.191. The maximum absolute atomic E-state index is 5.01. The number of pyridine rings is 1. The largest absolute Gasteiger partial charge is 0.385 e. The van der Waals surface area contributed by atoms with Crippen LogP contribution in [0.15, 0.2) is 22.9 Å². The van der Waals surface area contributed by atoms with Crippen LogP contribution < -0.4 is 5.32 Å². The van der Waals surface area contributed by atoms with Crippen molar-refractivity contribution >= 4 is 21.6 Å². The molecule has 1 unspecified atom stereocenters. The molecule has 0 amide bonds. The molecule has 0 aromatic carbocycles. The quantitative estimate of drug-likeness (QED) is 0.825. The van der Waals surface area contributed by atoms with Gasteiger partial charge in [-0.3, -0.25) is 0 Å². The van der Waals surface area contributed by atoms with Crippen LogP contribution >= 0.6 is 15.9 Å². The number of nitrogens with zero attached hydrogens (tertiary/aromatic N) is 1. The highest BCUT2D eigenvalue weighted by Gasteiger charge is 2.01. The first-order chi connectivity index (χ1) is 6.72. The normalized spacial score (nSPS) is 12.5. The first-order valence-corrected chi connectivity index (χ1v) is 5.38. The highest BCUT2D eigenvalue weighted by atomic mass is 79.9. The summed E-state index contributed by atoms with van der Waals surface area (Å²) in [6.45, 7) is 2.90. The smallest absolute Gasteiger partial charge is 0.106 e. The third-order valence-electron chi connectivity index (χ3n) is 1.90. The van der Waals surface area contributed by atoms with Gasteiger partial charge in [0, 0.05) is 19.8 Å². The van der Waals surface area contributed by atoms with E-state index in [2.05, 4.69) is 33.2 Å². The van der Waals surface area contributed by atoms with Crippen molar-refractivity contribution in [3.8, 4) is 0 Å². The van der Waals surface area contributed by atoms with Gasteiger partial charge >= 0.3 is 0 Å². The summed E-state index contributed by atoms with van der Waals surface area (Å²) in [7, 11) is 1.72. The van der Waals surface area contributed by atoms with Gasteiger partial charge in [0.1, 0.15) is 4.60 Å². The van der Waals surface area contributed by atoms with E-state index in [1.165, 1.54) is 0 Å². The molecular weight excluding hydrogens is 244 g/mol. The van der Waals surface area contributed by atoms with Gasteiger partial charge in [0.2, 0.25) is 0 Å². The Labute approximate surface area is 93.0 Å². The van der Waals surface area contributed by atoms with Crippen molar-refractivity contribution in [1.82, 2.24) is 4.98 Å². The van der Waals surface area contributed by atoms with E-state index in [0.29, 0.717) is 6.04 Å². The Kier molecular flexibility index (Phi) is 4.90. The monoisotopic (exact) mass is 258 g/mol. The van der Waals surface area contributed by atoms with E-state index in [9.17, 15) is 0 Å². The van der Waals surface area contributed by atoms with Crippen LogP contribution in [-0.4, -0.2) is 24.7 Å². The Hall–Kier alpha value is -0.610. The van der Waals surface area contributed by atoms with Crippen molar-refractivity contribution in [2.24, 2.45) is 0 Å². The average molecular weight is 259 g/mol. The summed E-state index contributed by atoms with van der Waals surface area (Å²) in [4.78, 5) is 4.14. The van der Waals surface area contributed by atoms with Crippen molar-refractivity contribution in [2.75, 3.05) is 19.0 Å². The van der Waals surface area contributed by atoms with Gasteiger partial charge in [-0.25, -0.2) is 4.98 Å².